The van der Waals surface area contributed by atoms with Gasteiger partial charge in [-0.2, -0.15) is 0 Å². The molecule has 2 aromatic heterocycles. The molecular formula is C18H12N4OS2. The summed E-state index contributed by atoms with van der Waals surface area (Å²) in [5.41, 5.74) is 4.14. The summed E-state index contributed by atoms with van der Waals surface area (Å²) in [7, 11) is 0. The van der Waals surface area contributed by atoms with Crippen molar-refractivity contribution in [3.63, 3.8) is 0 Å². The van der Waals surface area contributed by atoms with Gasteiger partial charge in [0, 0.05) is 11.1 Å². The highest BCUT2D eigenvalue weighted by atomic mass is 32.1. The minimum atomic E-state index is -0.227. The van der Waals surface area contributed by atoms with Gasteiger partial charge in [-0.15, -0.1) is 21.5 Å². The second-order valence-electron chi connectivity index (χ2n) is 5.13. The average molecular weight is 364 g/mol. The molecule has 0 bridgehead atoms. The zero-order chi connectivity index (χ0) is 17.1. The van der Waals surface area contributed by atoms with Gasteiger partial charge in [0.1, 0.15) is 15.4 Å². The number of aromatic nitrogens is 3. The van der Waals surface area contributed by atoms with Gasteiger partial charge in [0.2, 0.25) is 5.13 Å². The summed E-state index contributed by atoms with van der Waals surface area (Å²) in [6.45, 7) is 0. The number of benzene rings is 2. The highest BCUT2D eigenvalue weighted by Gasteiger charge is 2.21. The van der Waals surface area contributed by atoms with Crippen molar-refractivity contribution in [1.29, 1.82) is 0 Å². The van der Waals surface area contributed by atoms with E-state index in [1.54, 1.807) is 5.51 Å². The lowest BCUT2D eigenvalue weighted by Gasteiger charge is -2.02. The summed E-state index contributed by atoms with van der Waals surface area (Å²) in [5, 5.41) is 11.7. The smallest absolute Gasteiger partial charge is 0.269 e. The third kappa shape index (κ3) is 3.33. The van der Waals surface area contributed by atoms with Crippen molar-refractivity contribution in [1.82, 2.24) is 15.2 Å². The molecule has 0 unspecified atom stereocenters. The molecule has 4 rings (SSSR count). The first-order chi connectivity index (χ1) is 12.3. The topological polar surface area (TPSA) is 67.8 Å². The molecule has 5 nitrogen and oxygen atoms in total. The highest BCUT2D eigenvalue weighted by molar-refractivity contribution is 7.17. The summed E-state index contributed by atoms with van der Waals surface area (Å²) in [6.07, 6.45) is 0. The maximum atomic E-state index is 12.7. The number of anilines is 1. The summed E-state index contributed by atoms with van der Waals surface area (Å²) in [5.74, 6) is -0.227. The predicted molar refractivity (Wildman–Crippen MR) is 101 cm³/mol. The lowest BCUT2D eigenvalue weighted by atomic mass is 10.1. The van der Waals surface area contributed by atoms with Crippen LogP contribution in [0.15, 0.2) is 66.2 Å². The Kier molecular flexibility index (Phi) is 4.32. The Hall–Kier alpha value is -2.90. The van der Waals surface area contributed by atoms with Crippen molar-refractivity contribution in [2.45, 2.75) is 0 Å². The lowest BCUT2D eigenvalue weighted by molar-refractivity contribution is 0.103. The summed E-state index contributed by atoms with van der Waals surface area (Å²) in [4.78, 5) is 18.0. The van der Waals surface area contributed by atoms with Crippen LogP contribution in [-0.4, -0.2) is 21.1 Å². The maximum Gasteiger partial charge on any atom is 0.269 e. The van der Waals surface area contributed by atoms with E-state index in [-0.39, 0.29) is 5.91 Å². The van der Waals surface area contributed by atoms with Crippen LogP contribution < -0.4 is 5.32 Å². The van der Waals surface area contributed by atoms with Gasteiger partial charge in [-0.05, 0) is 0 Å². The number of amides is 1. The Bertz CT molecular complexity index is 983. The molecule has 7 heteroatoms. The summed E-state index contributed by atoms with van der Waals surface area (Å²) >= 11 is 2.65. The molecule has 0 saturated heterocycles. The number of hydrogen-bond donors (Lipinski definition) is 1. The molecule has 25 heavy (non-hydrogen) atoms. The third-order valence-corrected chi connectivity index (χ3v) is 5.19. The van der Waals surface area contributed by atoms with E-state index in [4.69, 9.17) is 4.98 Å². The van der Waals surface area contributed by atoms with E-state index in [0.717, 1.165) is 16.1 Å². The number of hydrogen-bond acceptors (Lipinski definition) is 6. The van der Waals surface area contributed by atoms with Crippen LogP contribution in [0.25, 0.3) is 21.8 Å². The Morgan fingerprint density at radius 3 is 2.24 bits per heavy atom. The van der Waals surface area contributed by atoms with Crippen LogP contribution in [0.5, 0.6) is 0 Å². The van der Waals surface area contributed by atoms with E-state index in [1.807, 2.05) is 60.7 Å². The van der Waals surface area contributed by atoms with Gasteiger partial charge in [0.15, 0.2) is 0 Å². The second kappa shape index (κ2) is 6.92. The van der Waals surface area contributed by atoms with Crippen LogP contribution in [-0.2, 0) is 0 Å². The molecule has 0 radical (unpaired) electrons. The molecule has 0 aliphatic rings. The van der Waals surface area contributed by atoms with Crippen LogP contribution >= 0.6 is 22.7 Å². The van der Waals surface area contributed by atoms with Crippen molar-refractivity contribution in [3.8, 4) is 21.8 Å². The second-order valence-corrected chi connectivity index (χ2v) is 6.96. The average Bonchev–Trinajstić information content (AvgIpc) is 3.33. The zero-order valence-electron chi connectivity index (χ0n) is 12.9. The van der Waals surface area contributed by atoms with Crippen LogP contribution in [0.3, 0.4) is 0 Å². The summed E-state index contributed by atoms with van der Waals surface area (Å²) < 4.78 is 0. The largest absolute Gasteiger partial charge is 0.296 e. The molecule has 0 aliphatic heterocycles. The fourth-order valence-corrected chi connectivity index (χ4v) is 3.78. The van der Waals surface area contributed by atoms with Gasteiger partial charge in [0.05, 0.1) is 5.69 Å². The van der Waals surface area contributed by atoms with Crippen LogP contribution in [0.1, 0.15) is 9.67 Å². The maximum absolute atomic E-state index is 12.7. The van der Waals surface area contributed by atoms with Gasteiger partial charge in [-0.3, -0.25) is 10.1 Å². The number of carbonyl (C=O) groups is 1. The van der Waals surface area contributed by atoms with Crippen LogP contribution in [0.2, 0.25) is 0 Å². The molecule has 0 saturated carbocycles. The molecule has 1 N–H and O–H groups in total. The van der Waals surface area contributed by atoms with Crippen molar-refractivity contribution in [2.75, 3.05) is 5.32 Å². The third-order valence-electron chi connectivity index (χ3n) is 3.48. The van der Waals surface area contributed by atoms with E-state index in [2.05, 4.69) is 15.5 Å². The molecule has 1 amide bonds. The van der Waals surface area contributed by atoms with Crippen molar-refractivity contribution >= 4 is 33.7 Å². The van der Waals surface area contributed by atoms with Crippen molar-refractivity contribution in [2.24, 2.45) is 0 Å². The minimum Gasteiger partial charge on any atom is -0.296 e. The fraction of sp³-hybridized carbons (Fsp3) is 0. The number of rotatable bonds is 4. The Morgan fingerprint density at radius 1 is 0.920 bits per heavy atom. The zero-order valence-corrected chi connectivity index (χ0v) is 14.6. The molecule has 0 aliphatic carbocycles. The number of nitrogens with zero attached hydrogens (tertiary/aromatic N) is 3. The first-order valence-electron chi connectivity index (χ1n) is 7.50. The van der Waals surface area contributed by atoms with Crippen LogP contribution in [0.4, 0.5) is 5.13 Å². The van der Waals surface area contributed by atoms with Crippen LogP contribution in [0, 0.1) is 0 Å². The minimum absolute atomic E-state index is 0.227. The molecule has 0 spiro atoms. The predicted octanol–water partition coefficient (Wildman–Crippen LogP) is 4.58. The van der Waals surface area contributed by atoms with Gasteiger partial charge in [-0.1, -0.05) is 72.0 Å². The van der Waals surface area contributed by atoms with Gasteiger partial charge in [-0.25, -0.2) is 4.98 Å². The van der Waals surface area contributed by atoms with Crippen molar-refractivity contribution < 1.29 is 4.79 Å². The molecule has 122 valence electrons. The monoisotopic (exact) mass is 364 g/mol. The Balaban J connectivity index is 1.78. The molecule has 2 aromatic carbocycles. The van der Waals surface area contributed by atoms with Gasteiger partial charge >= 0.3 is 0 Å². The fourth-order valence-electron chi connectivity index (χ4n) is 2.35. The lowest BCUT2D eigenvalue weighted by Crippen LogP contribution is -2.11. The standard InChI is InChI=1S/C18H12N4OS2/c23-16(21-18-22-19-11-24-18)15-14(12-7-3-1-4-8-12)20-17(25-15)13-9-5-2-6-10-13/h1-11H,(H,21,22,23). The summed E-state index contributed by atoms with van der Waals surface area (Å²) in [6, 6.07) is 19.6. The molecule has 0 atom stereocenters. The Labute approximate surface area is 152 Å². The van der Waals surface area contributed by atoms with Crippen molar-refractivity contribution in [3.05, 3.63) is 71.1 Å². The van der Waals surface area contributed by atoms with E-state index < -0.39 is 0 Å². The quantitative estimate of drug-likeness (QED) is 0.575. The van der Waals surface area contributed by atoms with E-state index in [9.17, 15) is 4.79 Å². The molecular weight excluding hydrogens is 352 g/mol. The number of carbonyl (C=O) groups excluding carboxylic acids is 1. The first-order valence-corrected chi connectivity index (χ1v) is 9.20. The number of nitrogens with one attached hydrogen (secondary N) is 1. The highest BCUT2D eigenvalue weighted by Crippen LogP contribution is 2.34. The van der Waals surface area contributed by atoms with E-state index in [1.165, 1.54) is 22.7 Å². The molecule has 2 heterocycles. The van der Waals surface area contributed by atoms with E-state index in [0.29, 0.717) is 15.7 Å². The molecule has 4 aromatic rings. The Morgan fingerprint density at radius 2 is 1.60 bits per heavy atom. The van der Waals surface area contributed by atoms with Gasteiger partial charge < -0.3 is 0 Å². The van der Waals surface area contributed by atoms with Gasteiger partial charge in [0.25, 0.3) is 5.91 Å². The SMILES string of the molecule is O=C(Nc1nncs1)c1sc(-c2ccccc2)nc1-c1ccccc1. The number of thiazole rings is 1. The molecule has 0 fully saturated rings. The van der Waals surface area contributed by atoms with E-state index >= 15 is 0 Å². The normalized spacial score (nSPS) is 10.6. The first kappa shape index (κ1) is 15.6.